The molecule has 2 atom stereocenters. The fourth-order valence-corrected chi connectivity index (χ4v) is 3.24. The first kappa shape index (κ1) is 11.1. The third-order valence-corrected chi connectivity index (χ3v) is 4.26. The molecule has 1 heterocycles. The Hall–Kier alpha value is -1.000. The molecule has 1 aromatic rings. The summed E-state index contributed by atoms with van der Waals surface area (Å²) in [6.45, 7) is 0.886. The van der Waals surface area contributed by atoms with E-state index in [2.05, 4.69) is 28.5 Å². The molecule has 0 radical (unpaired) electrons. The Morgan fingerprint density at radius 3 is 3.06 bits per heavy atom. The molecule has 2 N–H and O–H groups in total. The molecule has 1 aromatic carbocycles. The third kappa shape index (κ3) is 2.19. The molecule has 2 aliphatic rings. The molecule has 0 amide bonds. The minimum atomic E-state index is -0.311. The Morgan fingerprint density at radius 2 is 2.24 bits per heavy atom. The van der Waals surface area contributed by atoms with Gasteiger partial charge in [-0.1, -0.05) is 36.0 Å². The standard InChI is InChI=1S/C13H16N2OS/c16-11-6-5-9-3-1-2-4-10(9)12(11)15-13-14-7-8-17-13/h1-4,11-12,16H,5-8H2,(H,14,15)/t11-,12-/m1/s1. The van der Waals surface area contributed by atoms with Crippen LogP contribution in [0.5, 0.6) is 0 Å². The van der Waals surface area contributed by atoms with Crippen LogP contribution in [0.3, 0.4) is 0 Å². The van der Waals surface area contributed by atoms with Gasteiger partial charge in [-0.15, -0.1) is 0 Å². The lowest BCUT2D eigenvalue weighted by Crippen LogP contribution is -2.37. The number of nitrogens with one attached hydrogen (secondary N) is 1. The summed E-state index contributed by atoms with van der Waals surface area (Å²) in [5, 5.41) is 14.5. The zero-order valence-electron chi connectivity index (χ0n) is 9.60. The topological polar surface area (TPSA) is 44.6 Å². The van der Waals surface area contributed by atoms with E-state index in [9.17, 15) is 5.11 Å². The maximum atomic E-state index is 10.1. The van der Waals surface area contributed by atoms with Crippen molar-refractivity contribution in [1.29, 1.82) is 0 Å². The number of hydrogen-bond acceptors (Lipinski definition) is 4. The second kappa shape index (κ2) is 4.70. The van der Waals surface area contributed by atoms with E-state index in [1.807, 2.05) is 6.07 Å². The van der Waals surface area contributed by atoms with Crippen molar-refractivity contribution in [3.8, 4) is 0 Å². The van der Waals surface area contributed by atoms with Crippen LogP contribution in [-0.2, 0) is 6.42 Å². The van der Waals surface area contributed by atoms with Crippen molar-refractivity contribution >= 4 is 16.9 Å². The summed E-state index contributed by atoms with van der Waals surface area (Å²) in [6.07, 6.45) is 1.48. The smallest absolute Gasteiger partial charge is 0.157 e. The fourth-order valence-electron chi connectivity index (χ4n) is 2.47. The highest BCUT2D eigenvalue weighted by atomic mass is 32.2. The molecule has 3 nitrogen and oxygen atoms in total. The van der Waals surface area contributed by atoms with Gasteiger partial charge in [0.05, 0.1) is 18.7 Å². The van der Waals surface area contributed by atoms with E-state index in [0.29, 0.717) is 0 Å². The first-order valence-corrected chi connectivity index (χ1v) is 7.03. The number of nitrogens with zero attached hydrogens (tertiary/aromatic N) is 1. The van der Waals surface area contributed by atoms with Crippen molar-refractivity contribution in [1.82, 2.24) is 5.32 Å². The van der Waals surface area contributed by atoms with Crippen molar-refractivity contribution < 1.29 is 5.11 Å². The zero-order chi connectivity index (χ0) is 11.7. The quantitative estimate of drug-likeness (QED) is 0.795. The molecule has 0 saturated carbocycles. The van der Waals surface area contributed by atoms with Gasteiger partial charge in [-0.3, -0.25) is 4.99 Å². The van der Waals surface area contributed by atoms with Crippen LogP contribution >= 0.6 is 11.8 Å². The lowest BCUT2D eigenvalue weighted by atomic mass is 9.86. The number of aliphatic hydroxyl groups excluding tert-OH is 1. The lowest BCUT2D eigenvalue weighted by Gasteiger charge is -2.31. The summed E-state index contributed by atoms with van der Waals surface area (Å²) in [5.41, 5.74) is 2.57. The van der Waals surface area contributed by atoms with E-state index in [4.69, 9.17) is 0 Å². The molecule has 3 rings (SSSR count). The summed E-state index contributed by atoms with van der Waals surface area (Å²) in [6, 6.07) is 8.36. The first-order valence-electron chi connectivity index (χ1n) is 6.04. The number of benzene rings is 1. The predicted octanol–water partition coefficient (Wildman–Crippen LogP) is 1.73. The maximum Gasteiger partial charge on any atom is 0.157 e. The van der Waals surface area contributed by atoms with Crippen molar-refractivity contribution in [3.05, 3.63) is 35.4 Å². The number of hydrogen-bond donors (Lipinski definition) is 2. The second-order valence-corrected chi connectivity index (χ2v) is 5.55. The van der Waals surface area contributed by atoms with Crippen LogP contribution in [0.2, 0.25) is 0 Å². The van der Waals surface area contributed by atoms with Crippen LogP contribution in [0, 0.1) is 0 Å². The second-order valence-electron chi connectivity index (χ2n) is 4.46. The minimum absolute atomic E-state index is 0.00398. The largest absolute Gasteiger partial charge is 0.391 e. The van der Waals surface area contributed by atoms with Crippen molar-refractivity contribution in [2.75, 3.05) is 12.3 Å². The maximum absolute atomic E-state index is 10.1. The number of rotatable bonds is 1. The Kier molecular flexibility index (Phi) is 3.07. The number of amidine groups is 1. The van der Waals surface area contributed by atoms with Gasteiger partial charge in [-0.2, -0.15) is 0 Å². The van der Waals surface area contributed by atoms with Crippen LogP contribution in [0.15, 0.2) is 29.3 Å². The number of fused-ring (bicyclic) bond motifs is 1. The van der Waals surface area contributed by atoms with Gasteiger partial charge in [-0.25, -0.2) is 0 Å². The molecule has 17 heavy (non-hydrogen) atoms. The summed E-state index contributed by atoms with van der Waals surface area (Å²) >= 11 is 1.74. The number of aliphatic imine (C=N–C) groups is 1. The van der Waals surface area contributed by atoms with Gasteiger partial charge in [0.25, 0.3) is 0 Å². The Balaban J connectivity index is 1.87. The van der Waals surface area contributed by atoms with Crippen molar-refractivity contribution in [3.63, 3.8) is 0 Å². The van der Waals surface area contributed by atoms with Crippen LogP contribution in [0.25, 0.3) is 0 Å². The monoisotopic (exact) mass is 248 g/mol. The molecule has 0 bridgehead atoms. The Labute approximate surface area is 105 Å². The number of aryl methyl sites for hydroxylation is 1. The molecule has 1 aliphatic carbocycles. The van der Waals surface area contributed by atoms with Gasteiger partial charge in [-0.05, 0) is 24.0 Å². The summed E-state index contributed by atoms with van der Waals surface area (Å²) in [7, 11) is 0. The normalized spacial score (nSPS) is 27.5. The predicted molar refractivity (Wildman–Crippen MR) is 71.4 cm³/mol. The van der Waals surface area contributed by atoms with E-state index in [1.165, 1.54) is 11.1 Å². The average Bonchev–Trinajstić information content (AvgIpc) is 2.86. The van der Waals surface area contributed by atoms with Gasteiger partial charge in [0.1, 0.15) is 0 Å². The summed E-state index contributed by atoms with van der Waals surface area (Å²) < 4.78 is 0. The summed E-state index contributed by atoms with van der Waals surface area (Å²) in [4.78, 5) is 4.39. The molecule has 90 valence electrons. The molecule has 0 saturated heterocycles. The van der Waals surface area contributed by atoms with E-state index >= 15 is 0 Å². The molecule has 0 spiro atoms. The Bertz CT molecular complexity index is 447. The molecular weight excluding hydrogens is 232 g/mol. The third-order valence-electron chi connectivity index (χ3n) is 3.35. The van der Waals surface area contributed by atoms with E-state index in [0.717, 1.165) is 30.3 Å². The highest BCUT2D eigenvalue weighted by Gasteiger charge is 2.28. The lowest BCUT2D eigenvalue weighted by molar-refractivity contribution is 0.120. The van der Waals surface area contributed by atoms with Gasteiger partial charge < -0.3 is 10.4 Å². The fraction of sp³-hybridized carbons (Fsp3) is 0.462. The van der Waals surface area contributed by atoms with Crippen LogP contribution in [0.4, 0.5) is 0 Å². The van der Waals surface area contributed by atoms with Crippen LogP contribution in [-0.4, -0.2) is 28.7 Å². The number of aliphatic hydroxyl groups is 1. The molecule has 0 aromatic heterocycles. The van der Waals surface area contributed by atoms with Crippen LogP contribution < -0.4 is 5.32 Å². The zero-order valence-corrected chi connectivity index (χ0v) is 10.4. The van der Waals surface area contributed by atoms with Gasteiger partial charge in [0.2, 0.25) is 0 Å². The van der Waals surface area contributed by atoms with E-state index < -0.39 is 0 Å². The highest BCUT2D eigenvalue weighted by molar-refractivity contribution is 8.14. The highest BCUT2D eigenvalue weighted by Crippen LogP contribution is 2.30. The van der Waals surface area contributed by atoms with Crippen molar-refractivity contribution in [2.45, 2.75) is 25.0 Å². The molecule has 4 heteroatoms. The van der Waals surface area contributed by atoms with E-state index in [-0.39, 0.29) is 12.1 Å². The molecule has 0 fully saturated rings. The number of thioether (sulfide) groups is 1. The Morgan fingerprint density at radius 1 is 1.35 bits per heavy atom. The first-order chi connectivity index (χ1) is 8.34. The molecule has 0 unspecified atom stereocenters. The van der Waals surface area contributed by atoms with Gasteiger partial charge >= 0.3 is 0 Å². The molecular formula is C13H16N2OS. The van der Waals surface area contributed by atoms with Gasteiger partial charge in [0, 0.05) is 5.75 Å². The van der Waals surface area contributed by atoms with Crippen LogP contribution in [0.1, 0.15) is 23.6 Å². The van der Waals surface area contributed by atoms with Crippen molar-refractivity contribution in [2.24, 2.45) is 4.99 Å². The van der Waals surface area contributed by atoms with E-state index in [1.54, 1.807) is 11.8 Å². The van der Waals surface area contributed by atoms with Gasteiger partial charge in [0.15, 0.2) is 5.17 Å². The SMILES string of the molecule is O[C@@H]1CCc2ccccc2[C@H]1NC1=NCCS1. The average molecular weight is 248 g/mol. The molecule has 1 aliphatic heterocycles. The summed E-state index contributed by atoms with van der Waals surface area (Å²) in [5.74, 6) is 1.05. The minimum Gasteiger partial charge on any atom is -0.391 e.